The van der Waals surface area contributed by atoms with Gasteiger partial charge in [0.15, 0.2) is 0 Å². The number of likely N-dealkylation sites (tertiary alicyclic amines) is 2. The van der Waals surface area contributed by atoms with Crippen LogP contribution in [0.4, 0.5) is 10.5 Å². The van der Waals surface area contributed by atoms with Gasteiger partial charge in [-0.2, -0.15) is 0 Å². The van der Waals surface area contributed by atoms with E-state index in [0.29, 0.717) is 30.5 Å². The molecule has 1 aliphatic carbocycles. The first-order valence-corrected chi connectivity index (χ1v) is 14.2. The van der Waals surface area contributed by atoms with Crippen LogP contribution in [0.25, 0.3) is 6.08 Å². The summed E-state index contributed by atoms with van der Waals surface area (Å²) in [6.07, 6.45) is 9.99. The third-order valence-corrected chi connectivity index (χ3v) is 7.96. The van der Waals surface area contributed by atoms with Crippen LogP contribution in [0, 0.1) is 5.92 Å². The predicted molar refractivity (Wildman–Crippen MR) is 154 cm³/mol. The Kier molecular flexibility index (Phi) is 8.55. The molecular weight excluding hydrogens is 476 g/mol. The average molecular weight is 523 g/mol. The normalized spacial score (nSPS) is 22.1. The Morgan fingerprint density at radius 2 is 1.84 bits per heavy atom. The number of benzene rings is 1. The van der Waals surface area contributed by atoms with E-state index in [1.54, 1.807) is 0 Å². The number of allylic oxidation sites excluding steroid dienone is 2. The number of carbonyl (C=O) groups is 2. The largest absolute Gasteiger partial charge is 0.443 e. The van der Waals surface area contributed by atoms with Crippen molar-refractivity contribution in [1.82, 2.24) is 15.1 Å². The number of rotatable bonds is 7. The molecule has 2 aliphatic heterocycles. The molecule has 3 fully saturated rings. The number of amides is 2. The van der Waals surface area contributed by atoms with Crippen LogP contribution in [0.3, 0.4) is 0 Å². The molecule has 0 radical (unpaired) electrons. The molecule has 208 valence electrons. The lowest BCUT2D eigenvalue weighted by atomic mass is 9.97. The Morgan fingerprint density at radius 3 is 2.47 bits per heavy atom. The number of nitrogens with one attached hydrogen (secondary N) is 1. The van der Waals surface area contributed by atoms with Crippen molar-refractivity contribution in [3.8, 4) is 0 Å². The number of ether oxygens (including phenoxy) is 1. The van der Waals surface area contributed by atoms with Gasteiger partial charge in [0.1, 0.15) is 11.6 Å². The lowest BCUT2D eigenvalue weighted by Crippen LogP contribution is -2.47. The number of nitrogens with zero attached hydrogens (tertiary/aromatic N) is 3. The van der Waals surface area contributed by atoms with Gasteiger partial charge in [0.05, 0.1) is 6.04 Å². The lowest BCUT2D eigenvalue weighted by molar-refractivity contribution is -0.125. The number of anilines is 1. The van der Waals surface area contributed by atoms with E-state index in [4.69, 9.17) is 4.74 Å². The molecule has 0 bridgehead atoms. The Labute approximate surface area is 228 Å². The second-order valence-corrected chi connectivity index (χ2v) is 12.4. The van der Waals surface area contributed by atoms with Crippen LogP contribution in [0.1, 0.15) is 83.4 Å². The highest BCUT2D eigenvalue weighted by Gasteiger charge is 2.39. The molecule has 7 nitrogen and oxygen atoms in total. The van der Waals surface area contributed by atoms with Gasteiger partial charge in [-0.3, -0.25) is 9.69 Å². The minimum atomic E-state index is -0.639. The van der Waals surface area contributed by atoms with Crippen LogP contribution < -0.4 is 10.2 Å². The van der Waals surface area contributed by atoms with Gasteiger partial charge in [0, 0.05) is 24.5 Å². The highest BCUT2D eigenvalue weighted by molar-refractivity contribution is 5.88. The van der Waals surface area contributed by atoms with E-state index in [2.05, 4.69) is 66.1 Å². The predicted octanol–water partition coefficient (Wildman–Crippen LogP) is 5.73. The number of hydrogen-bond donors (Lipinski definition) is 1. The molecule has 4 rings (SSSR count). The van der Waals surface area contributed by atoms with Crippen LogP contribution >= 0.6 is 0 Å². The molecule has 2 heterocycles. The van der Waals surface area contributed by atoms with Crippen molar-refractivity contribution in [3.05, 3.63) is 47.7 Å². The monoisotopic (exact) mass is 522 g/mol. The van der Waals surface area contributed by atoms with E-state index in [-0.39, 0.29) is 11.9 Å². The average Bonchev–Trinajstić information content (AvgIpc) is 3.60. The van der Waals surface area contributed by atoms with Crippen molar-refractivity contribution in [2.45, 2.75) is 89.9 Å². The van der Waals surface area contributed by atoms with E-state index in [9.17, 15) is 9.59 Å². The summed E-state index contributed by atoms with van der Waals surface area (Å²) >= 11 is 0. The van der Waals surface area contributed by atoms with Gasteiger partial charge in [0.2, 0.25) is 5.91 Å². The molecule has 38 heavy (non-hydrogen) atoms. The van der Waals surface area contributed by atoms with Gasteiger partial charge in [-0.05, 0) is 116 Å². The fourth-order valence-corrected chi connectivity index (χ4v) is 5.42. The molecule has 1 saturated carbocycles. The zero-order valence-electron chi connectivity index (χ0n) is 24.1. The van der Waals surface area contributed by atoms with Crippen molar-refractivity contribution in [2.24, 2.45) is 5.92 Å². The van der Waals surface area contributed by atoms with E-state index < -0.39 is 17.7 Å². The summed E-state index contributed by atoms with van der Waals surface area (Å²) in [5, 5.41) is 3.18. The molecule has 2 saturated heterocycles. The summed E-state index contributed by atoms with van der Waals surface area (Å²) in [5.74, 6) is 0.488. The molecule has 0 aromatic heterocycles. The first kappa shape index (κ1) is 28.2. The Hall–Kier alpha value is -2.80. The smallest absolute Gasteiger partial charge is 0.415 e. The van der Waals surface area contributed by atoms with Crippen molar-refractivity contribution in [1.29, 1.82) is 0 Å². The summed E-state index contributed by atoms with van der Waals surface area (Å²) in [5.41, 5.74) is 3.42. The fourth-order valence-electron chi connectivity index (χ4n) is 5.42. The zero-order valence-corrected chi connectivity index (χ0v) is 24.1. The topological polar surface area (TPSA) is 65.1 Å². The van der Waals surface area contributed by atoms with Crippen LogP contribution in [0.2, 0.25) is 0 Å². The third kappa shape index (κ3) is 6.99. The van der Waals surface area contributed by atoms with Gasteiger partial charge in [-0.1, -0.05) is 24.8 Å². The van der Waals surface area contributed by atoms with E-state index in [0.717, 1.165) is 37.1 Å². The maximum Gasteiger partial charge on any atom is 0.415 e. The SMILES string of the molecule is C=C1CC[C@@H](C(=O)N[C@@H](C)c2ccc(N(C)C3CCN(C)CC3)cc2/C=C/C2CC2)N1C(=O)OC(C)(C)C. The molecule has 2 atom stereocenters. The fraction of sp³-hybridized carbons (Fsp3) is 0.613. The quantitative estimate of drug-likeness (QED) is 0.495. The molecule has 7 heteroatoms. The number of piperidine rings is 1. The summed E-state index contributed by atoms with van der Waals surface area (Å²) < 4.78 is 5.56. The maximum atomic E-state index is 13.4. The number of carbonyl (C=O) groups excluding carboxylic acids is 2. The molecule has 0 spiro atoms. The van der Waals surface area contributed by atoms with Gasteiger partial charge in [-0.15, -0.1) is 0 Å². The van der Waals surface area contributed by atoms with Crippen molar-refractivity contribution < 1.29 is 14.3 Å². The standard InChI is InChI=1S/C31H46N4O3/c1-21-8-15-28(35(21)30(37)38-31(3,4)5)29(36)32-22(2)27-14-13-26(20-24(27)12-11-23-9-10-23)34(7)25-16-18-33(6)19-17-25/h11-14,20,22-23,25,28H,1,8-10,15-19H2,2-7H3,(H,32,36)/b12-11+/t22-,28-/m0/s1. The first-order chi connectivity index (χ1) is 17.9. The van der Waals surface area contributed by atoms with Gasteiger partial charge in [0.25, 0.3) is 0 Å². The van der Waals surface area contributed by atoms with Gasteiger partial charge in [-0.25, -0.2) is 4.79 Å². The van der Waals surface area contributed by atoms with Crippen molar-refractivity contribution >= 4 is 23.8 Å². The summed E-state index contributed by atoms with van der Waals surface area (Å²) in [7, 11) is 4.39. The summed E-state index contributed by atoms with van der Waals surface area (Å²) in [6.45, 7) is 13.8. The highest BCUT2D eigenvalue weighted by atomic mass is 16.6. The van der Waals surface area contributed by atoms with Crippen LogP contribution in [0.15, 0.2) is 36.6 Å². The minimum Gasteiger partial charge on any atom is -0.443 e. The van der Waals surface area contributed by atoms with E-state index in [1.807, 2.05) is 27.7 Å². The number of hydrogen-bond acceptors (Lipinski definition) is 5. The lowest BCUT2D eigenvalue weighted by Gasteiger charge is -2.36. The Bertz CT molecular complexity index is 1060. The second kappa shape index (κ2) is 11.5. The first-order valence-electron chi connectivity index (χ1n) is 14.2. The third-order valence-electron chi connectivity index (χ3n) is 7.96. The summed E-state index contributed by atoms with van der Waals surface area (Å²) in [4.78, 5) is 32.5. The van der Waals surface area contributed by atoms with E-state index in [1.165, 1.54) is 23.4 Å². The molecule has 1 N–H and O–H groups in total. The van der Waals surface area contributed by atoms with Crippen molar-refractivity contribution in [2.75, 3.05) is 32.1 Å². The van der Waals surface area contributed by atoms with E-state index >= 15 is 0 Å². The molecule has 3 aliphatic rings. The van der Waals surface area contributed by atoms with Crippen LogP contribution in [-0.2, 0) is 9.53 Å². The molecular formula is C31H46N4O3. The van der Waals surface area contributed by atoms with Crippen LogP contribution in [0.5, 0.6) is 0 Å². The molecule has 2 amide bonds. The molecule has 1 aromatic rings. The molecule has 1 aromatic carbocycles. The van der Waals surface area contributed by atoms with Crippen molar-refractivity contribution in [3.63, 3.8) is 0 Å². The van der Waals surface area contributed by atoms with Gasteiger partial charge < -0.3 is 19.9 Å². The molecule has 0 unspecified atom stereocenters. The van der Waals surface area contributed by atoms with Crippen LogP contribution in [-0.4, -0.2) is 66.7 Å². The Balaban J connectivity index is 1.50. The van der Waals surface area contributed by atoms with Gasteiger partial charge >= 0.3 is 6.09 Å². The second-order valence-electron chi connectivity index (χ2n) is 12.4. The summed E-state index contributed by atoms with van der Waals surface area (Å²) in [6, 6.07) is 6.30. The zero-order chi connectivity index (χ0) is 27.6. The maximum absolute atomic E-state index is 13.4. The Morgan fingerprint density at radius 1 is 1.16 bits per heavy atom. The minimum absolute atomic E-state index is 0.174. The highest BCUT2D eigenvalue weighted by Crippen LogP contribution is 2.34.